The maximum absolute atomic E-state index is 6.02. The number of benzene rings is 1. The fourth-order valence-corrected chi connectivity index (χ4v) is 2.51. The summed E-state index contributed by atoms with van der Waals surface area (Å²) in [4.78, 5) is 1.47. The molecule has 0 aliphatic heterocycles. The molecular formula is C12H14BrClN4. The van der Waals surface area contributed by atoms with Crippen LogP contribution in [0.15, 0.2) is 28.7 Å². The van der Waals surface area contributed by atoms with Crippen LogP contribution in [0.5, 0.6) is 0 Å². The third-order valence-electron chi connectivity index (χ3n) is 2.65. The van der Waals surface area contributed by atoms with E-state index in [1.165, 1.54) is 10.4 Å². The number of rotatable bonds is 5. The van der Waals surface area contributed by atoms with Crippen LogP contribution in [0.4, 0.5) is 0 Å². The van der Waals surface area contributed by atoms with E-state index in [0.29, 0.717) is 11.8 Å². The van der Waals surface area contributed by atoms with Crippen LogP contribution in [-0.4, -0.2) is 26.1 Å². The molecular weight excluding hydrogens is 316 g/mol. The van der Waals surface area contributed by atoms with E-state index in [1.807, 2.05) is 12.1 Å². The monoisotopic (exact) mass is 328 g/mol. The average Bonchev–Trinajstić information content (AvgIpc) is 2.74. The lowest BCUT2D eigenvalue weighted by Gasteiger charge is -2.11. The molecule has 0 spiro atoms. The van der Waals surface area contributed by atoms with E-state index in [9.17, 15) is 0 Å². The van der Waals surface area contributed by atoms with Crippen LogP contribution in [0.1, 0.15) is 11.4 Å². The molecule has 0 fully saturated rings. The van der Waals surface area contributed by atoms with E-state index < -0.39 is 0 Å². The molecule has 1 unspecified atom stereocenters. The highest BCUT2D eigenvalue weighted by molar-refractivity contribution is 9.10. The summed E-state index contributed by atoms with van der Waals surface area (Å²) in [5, 5.41) is 12.0. The van der Waals surface area contributed by atoms with Gasteiger partial charge in [-0.05, 0) is 35.2 Å². The van der Waals surface area contributed by atoms with E-state index in [1.54, 1.807) is 7.05 Å². The molecule has 6 heteroatoms. The fourth-order valence-electron chi connectivity index (χ4n) is 1.84. The van der Waals surface area contributed by atoms with Crippen molar-refractivity contribution in [3.8, 4) is 0 Å². The second-order valence-electron chi connectivity index (χ2n) is 4.25. The van der Waals surface area contributed by atoms with Gasteiger partial charge in [0, 0.05) is 16.8 Å². The Hall–Kier alpha value is -0.940. The number of alkyl halides is 1. The molecule has 0 aliphatic carbocycles. The average molecular weight is 330 g/mol. The lowest BCUT2D eigenvalue weighted by atomic mass is 9.98. The maximum atomic E-state index is 6.02. The third-order valence-corrected chi connectivity index (χ3v) is 3.58. The van der Waals surface area contributed by atoms with Gasteiger partial charge in [0.15, 0.2) is 5.82 Å². The number of tetrazole rings is 1. The summed E-state index contributed by atoms with van der Waals surface area (Å²) in [6, 6.07) is 8.27. The van der Waals surface area contributed by atoms with Crippen LogP contribution in [0.2, 0.25) is 0 Å². The van der Waals surface area contributed by atoms with Gasteiger partial charge in [-0.1, -0.05) is 28.1 Å². The van der Waals surface area contributed by atoms with Gasteiger partial charge in [-0.3, -0.25) is 0 Å². The van der Waals surface area contributed by atoms with Crippen LogP contribution in [-0.2, 0) is 19.9 Å². The molecule has 0 saturated carbocycles. The van der Waals surface area contributed by atoms with Crippen LogP contribution < -0.4 is 0 Å². The number of hydrogen-bond donors (Lipinski definition) is 0. The summed E-state index contributed by atoms with van der Waals surface area (Å²) < 4.78 is 1.09. The Morgan fingerprint density at radius 2 is 2.22 bits per heavy atom. The largest absolute Gasteiger partial charge is 0.175 e. The number of nitrogens with zero attached hydrogens (tertiary/aromatic N) is 4. The zero-order chi connectivity index (χ0) is 13.0. The SMILES string of the molecule is Cn1nnc(CC(CCl)Cc2cccc(Br)c2)n1. The predicted molar refractivity (Wildman–Crippen MR) is 74.6 cm³/mol. The Morgan fingerprint density at radius 1 is 1.39 bits per heavy atom. The molecule has 1 heterocycles. The second-order valence-corrected chi connectivity index (χ2v) is 5.48. The number of halogens is 2. The molecule has 4 nitrogen and oxygen atoms in total. The van der Waals surface area contributed by atoms with E-state index in [-0.39, 0.29) is 0 Å². The summed E-state index contributed by atoms with van der Waals surface area (Å²) in [5.74, 6) is 1.66. The first-order valence-corrected chi connectivity index (χ1v) is 7.03. The normalized spacial score (nSPS) is 12.6. The first-order valence-electron chi connectivity index (χ1n) is 5.70. The van der Waals surface area contributed by atoms with Crippen LogP contribution in [0, 0.1) is 5.92 Å². The van der Waals surface area contributed by atoms with E-state index in [0.717, 1.165) is 23.1 Å². The molecule has 0 bridgehead atoms. The summed E-state index contributed by atoms with van der Waals surface area (Å²) in [6.07, 6.45) is 1.67. The first-order chi connectivity index (χ1) is 8.67. The first kappa shape index (κ1) is 13.5. The summed E-state index contributed by atoms with van der Waals surface area (Å²) >= 11 is 9.49. The minimum Gasteiger partial charge on any atom is -0.167 e. The van der Waals surface area contributed by atoms with Crippen LogP contribution >= 0.6 is 27.5 Å². The summed E-state index contributed by atoms with van der Waals surface area (Å²) in [5.41, 5.74) is 1.26. The summed E-state index contributed by atoms with van der Waals surface area (Å²) in [7, 11) is 1.76. The van der Waals surface area contributed by atoms with Gasteiger partial charge < -0.3 is 0 Å². The molecule has 0 amide bonds. The van der Waals surface area contributed by atoms with Crippen molar-refractivity contribution < 1.29 is 0 Å². The number of aryl methyl sites for hydroxylation is 1. The van der Waals surface area contributed by atoms with E-state index >= 15 is 0 Å². The van der Waals surface area contributed by atoms with Gasteiger partial charge in [0.05, 0.1) is 7.05 Å². The van der Waals surface area contributed by atoms with Gasteiger partial charge >= 0.3 is 0 Å². The van der Waals surface area contributed by atoms with Crippen molar-refractivity contribution in [3.63, 3.8) is 0 Å². The molecule has 1 aromatic carbocycles. The molecule has 96 valence electrons. The smallest absolute Gasteiger partial charge is 0.167 e. The highest BCUT2D eigenvalue weighted by atomic mass is 79.9. The van der Waals surface area contributed by atoms with Gasteiger partial charge in [-0.25, -0.2) is 0 Å². The molecule has 0 radical (unpaired) electrons. The Balaban J connectivity index is 2.01. The van der Waals surface area contributed by atoms with Crippen molar-refractivity contribution in [2.75, 3.05) is 5.88 Å². The van der Waals surface area contributed by atoms with Gasteiger partial charge in [-0.2, -0.15) is 4.80 Å². The molecule has 0 N–H and O–H groups in total. The highest BCUT2D eigenvalue weighted by Gasteiger charge is 2.13. The second kappa shape index (κ2) is 6.29. The van der Waals surface area contributed by atoms with E-state index in [4.69, 9.17) is 11.6 Å². The van der Waals surface area contributed by atoms with Gasteiger partial charge in [0.25, 0.3) is 0 Å². The Labute approximate surface area is 119 Å². The Kier molecular flexibility index (Phi) is 4.72. The molecule has 2 rings (SSSR count). The predicted octanol–water partition coefficient (Wildman–Crippen LogP) is 2.61. The van der Waals surface area contributed by atoms with E-state index in [2.05, 4.69) is 43.5 Å². The summed E-state index contributed by atoms with van der Waals surface area (Å²) in [6.45, 7) is 0. The van der Waals surface area contributed by atoms with Crippen molar-refractivity contribution in [1.29, 1.82) is 0 Å². The van der Waals surface area contributed by atoms with Crippen molar-refractivity contribution in [1.82, 2.24) is 20.2 Å². The van der Waals surface area contributed by atoms with Crippen LogP contribution in [0.25, 0.3) is 0 Å². The van der Waals surface area contributed by atoms with Gasteiger partial charge in [0.1, 0.15) is 0 Å². The zero-order valence-corrected chi connectivity index (χ0v) is 12.4. The number of hydrogen-bond acceptors (Lipinski definition) is 3. The van der Waals surface area contributed by atoms with Gasteiger partial charge in [-0.15, -0.1) is 21.8 Å². The van der Waals surface area contributed by atoms with Crippen molar-refractivity contribution in [3.05, 3.63) is 40.1 Å². The number of aromatic nitrogens is 4. The zero-order valence-electron chi connectivity index (χ0n) is 10.1. The minimum atomic E-state index is 0.324. The molecule has 2 aromatic rings. The Bertz CT molecular complexity index is 514. The molecule has 18 heavy (non-hydrogen) atoms. The quantitative estimate of drug-likeness (QED) is 0.792. The lowest BCUT2D eigenvalue weighted by molar-refractivity contribution is 0.560. The molecule has 1 atom stereocenters. The fraction of sp³-hybridized carbons (Fsp3) is 0.417. The van der Waals surface area contributed by atoms with Crippen LogP contribution in [0.3, 0.4) is 0 Å². The highest BCUT2D eigenvalue weighted by Crippen LogP contribution is 2.17. The topological polar surface area (TPSA) is 43.6 Å². The lowest BCUT2D eigenvalue weighted by Crippen LogP contribution is -2.11. The molecule has 1 aromatic heterocycles. The molecule has 0 saturated heterocycles. The third kappa shape index (κ3) is 3.78. The maximum Gasteiger partial charge on any atom is 0.175 e. The molecule has 0 aliphatic rings. The standard InChI is InChI=1S/C12H14BrClN4/c1-18-16-12(15-17-18)7-10(8-14)5-9-3-2-4-11(13)6-9/h2-4,6,10H,5,7-8H2,1H3. The van der Waals surface area contributed by atoms with Crippen molar-refractivity contribution in [2.24, 2.45) is 13.0 Å². The van der Waals surface area contributed by atoms with Crippen molar-refractivity contribution in [2.45, 2.75) is 12.8 Å². The Morgan fingerprint density at radius 3 is 2.83 bits per heavy atom. The minimum absolute atomic E-state index is 0.324. The van der Waals surface area contributed by atoms with Crippen molar-refractivity contribution >= 4 is 27.5 Å². The van der Waals surface area contributed by atoms with Gasteiger partial charge in [0.2, 0.25) is 0 Å².